The molecule has 0 radical (unpaired) electrons. The van der Waals surface area contributed by atoms with Gasteiger partial charge in [-0.05, 0) is 0 Å². The van der Waals surface area contributed by atoms with Crippen LogP contribution in [0.15, 0.2) is 0 Å². The average molecular weight is 235 g/mol. The molecule has 0 aromatic carbocycles. The van der Waals surface area contributed by atoms with Crippen molar-refractivity contribution in [1.82, 2.24) is 0 Å². The fourth-order valence-corrected chi connectivity index (χ4v) is 2.41. The first-order chi connectivity index (χ1) is 5.91. The Bertz CT molecular complexity index is 61.4. The maximum absolute atomic E-state index is 2.34. The zero-order valence-corrected chi connectivity index (χ0v) is 10.5. The van der Waals surface area contributed by atoms with Crippen molar-refractivity contribution in [3.8, 4) is 0 Å². The van der Waals surface area contributed by atoms with Crippen molar-refractivity contribution in [2.75, 3.05) is 0 Å². The van der Waals surface area contributed by atoms with Crippen LogP contribution in [-0.4, -0.2) is 15.0 Å². The first-order valence-electron chi connectivity index (χ1n) is 5.40. The Kier molecular flexibility index (Phi) is 12.0. The standard InChI is InChI=1S/C11H24Se/c1-3-4-5-6-7-8-9-10-11-12-2/h3-11H2,1-2H3. The SMILES string of the molecule is CCCCCCCCCC[Se]C. The molecule has 1 heteroatoms. The Morgan fingerprint density at radius 3 is 1.75 bits per heavy atom. The summed E-state index contributed by atoms with van der Waals surface area (Å²) in [6, 6.07) is 0. The summed E-state index contributed by atoms with van der Waals surface area (Å²) in [5.74, 6) is 2.34. The van der Waals surface area contributed by atoms with Crippen LogP contribution in [0, 0.1) is 0 Å². The van der Waals surface area contributed by atoms with Crippen molar-refractivity contribution in [3.05, 3.63) is 0 Å². The predicted molar refractivity (Wildman–Crippen MR) is 59.0 cm³/mol. The summed E-state index contributed by atoms with van der Waals surface area (Å²) < 4.78 is 0. The van der Waals surface area contributed by atoms with E-state index in [0.29, 0.717) is 0 Å². The van der Waals surface area contributed by atoms with Crippen LogP contribution in [0.4, 0.5) is 0 Å². The number of hydrogen-bond acceptors (Lipinski definition) is 0. The van der Waals surface area contributed by atoms with Crippen molar-refractivity contribution in [2.24, 2.45) is 0 Å². The van der Waals surface area contributed by atoms with Crippen LogP contribution >= 0.6 is 0 Å². The first-order valence-corrected chi connectivity index (χ1v) is 8.33. The molecule has 0 saturated heterocycles. The van der Waals surface area contributed by atoms with E-state index in [0.717, 1.165) is 15.0 Å². The van der Waals surface area contributed by atoms with Crippen LogP contribution in [0.1, 0.15) is 58.3 Å². The zero-order chi connectivity index (χ0) is 9.07. The minimum absolute atomic E-state index is 0.919. The van der Waals surface area contributed by atoms with E-state index in [9.17, 15) is 0 Å². The number of unbranched alkanes of at least 4 members (excludes halogenated alkanes) is 7. The average Bonchev–Trinajstić information content (AvgIpc) is 2.10. The van der Waals surface area contributed by atoms with E-state index < -0.39 is 0 Å². The fraction of sp³-hybridized carbons (Fsp3) is 1.00. The van der Waals surface area contributed by atoms with E-state index >= 15 is 0 Å². The van der Waals surface area contributed by atoms with Gasteiger partial charge in [0, 0.05) is 0 Å². The van der Waals surface area contributed by atoms with Gasteiger partial charge in [0.15, 0.2) is 0 Å². The molecule has 0 fully saturated rings. The third-order valence-corrected chi connectivity index (χ3v) is 3.66. The van der Waals surface area contributed by atoms with Crippen LogP contribution in [-0.2, 0) is 0 Å². The monoisotopic (exact) mass is 236 g/mol. The Morgan fingerprint density at radius 1 is 0.750 bits per heavy atom. The molecule has 0 nitrogen and oxygen atoms in total. The molecule has 0 spiro atoms. The van der Waals surface area contributed by atoms with E-state index in [1.54, 1.807) is 0 Å². The molecule has 0 bridgehead atoms. The summed E-state index contributed by atoms with van der Waals surface area (Å²) in [5.41, 5.74) is 0. The molecule has 0 aromatic rings. The van der Waals surface area contributed by atoms with Crippen molar-refractivity contribution >= 4 is 15.0 Å². The van der Waals surface area contributed by atoms with Gasteiger partial charge >= 0.3 is 84.4 Å². The van der Waals surface area contributed by atoms with Gasteiger partial charge in [-0.3, -0.25) is 0 Å². The second kappa shape index (κ2) is 11.5. The van der Waals surface area contributed by atoms with Gasteiger partial charge in [0.05, 0.1) is 0 Å². The summed E-state index contributed by atoms with van der Waals surface area (Å²) >= 11 is 0.919. The number of rotatable bonds is 9. The topological polar surface area (TPSA) is 0 Å². The van der Waals surface area contributed by atoms with Crippen molar-refractivity contribution in [2.45, 2.75) is 69.4 Å². The molecule has 0 N–H and O–H groups in total. The van der Waals surface area contributed by atoms with Gasteiger partial charge in [-0.15, -0.1) is 0 Å². The van der Waals surface area contributed by atoms with Gasteiger partial charge in [0.25, 0.3) is 0 Å². The van der Waals surface area contributed by atoms with Crippen molar-refractivity contribution in [1.29, 1.82) is 0 Å². The second-order valence-corrected chi connectivity index (χ2v) is 5.54. The van der Waals surface area contributed by atoms with Gasteiger partial charge < -0.3 is 0 Å². The molecular weight excluding hydrogens is 211 g/mol. The third-order valence-electron chi connectivity index (χ3n) is 2.20. The summed E-state index contributed by atoms with van der Waals surface area (Å²) in [6.07, 6.45) is 11.7. The predicted octanol–water partition coefficient (Wildman–Crippen LogP) is 4.30. The number of hydrogen-bond donors (Lipinski definition) is 0. The summed E-state index contributed by atoms with van der Waals surface area (Å²) in [4.78, 5) is 0. The molecule has 0 unspecified atom stereocenters. The van der Waals surface area contributed by atoms with Gasteiger partial charge in [-0.25, -0.2) is 0 Å². The minimum atomic E-state index is 0.919. The van der Waals surface area contributed by atoms with E-state index in [2.05, 4.69) is 12.7 Å². The summed E-state index contributed by atoms with van der Waals surface area (Å²) in [7, 11) is 0. The summed E-state index contributed by atoms with van der Waals surface area (Å²) in [6.45, 7) is 2.28. The van der Waals surface area contributed by atoms with Crippen LogP contribution in [0.3, 0.4) is 0 Å². The molecule has 74 valence electrons. The van der Waals surface area contributed by atoms with Crippen LogP contribution < -0.4 is 0 Å². The first kappa shape index (κ1) is 12.5. The van der Waals surface area contributed by atoms with Crippen molar-refractivity contribution < 1.29 is 0 Å². The second-order valence-electron chi connectivity index (χ2n) is 3.47. The van der Waals surface area contributed by atoms with Crippen LogP contribution in [0.5, 0.6) is 0 Å². The van der Waals surface area contributed by atoms with Crippen LogP contribution in [0.2, 0.25) is 11.1 Å². The molecule has 0 atom stereocenters. The molecule has 0 rings (SSSR count). The molecule has 0 amide bonds. The van der Waals surface area contributed by atoms with Gasteiger partial charge in [-0.1, -0.05) is 0 Å². The van der Waals surface area contributed by atoms with Crippen LogP contribution in [0.25, 0.3) is 0 Å². The van der Waals surface area contributed by atoms with E-state index in [4.69, 9.17) is 0 Å². The van der Waals surface area contributed by atoms with Gasteiger partial charge in [0.2, 0.25) is 0 Å². The molecule has 0 aliphatic carbocycles. The normalized spacial score (nSPS) is 10.5. The summed E-state index contributed by atoms with van der Waals surface area (Å²) in [5, 5.41) is 1.50. The van der Waals surface area contributed by atoms with Gasteiger partial charge in [-0.2, -0.15) is 0 Å². The molecule has 0 heterocycles. The Balaban J connectivity index is 2.73. The van der Waals surface area contributed by atoms with Crippen molar-refractivity contribution in [3.63, 3.8) is 0 Å². The molecule has 0 aliphatic rings. The maximum atomic E-state index is 2.34. The zero-order valence-electron chi connectivity index (χ0n) is 8.77. The molecule has 0 aromatic heterocycles. The van der Waals surface area contributed by atoms with E-state index in [1.165, 1.54) is 56.7 Å². The Hall–Kier alpha value is 0.519. The fourth-order valence-electron chi connectivity index (χ4n) is 1.38. The van der Waals surface area contributed by atoms with E-state index in [1.807, 2.05) is 0 Å². The molecular formula is C11H24Se. The van der Waals surface area contributed by atoms with E-state index in [-0.39, 0.29) is 0 Å². The quantitative estimate of drug-likeness (QED) is 0.413. The molecule has 0 saturated carbocycles. The third kappa shape index (κ3) is 10.5. The van der Waals surface area contributed by atoms with Gasteiger partial charge in [0.1, 0.15) is 0 Å². The Morgan fingerprint density at radius 2 is 1.25 bits per heavy atom. The Labute approximate surface area is 84.7 Å². The molecule has 12 heavy (non-hydrogen) atoms. The molecule has 0 aliphatic heterocycles.